The van der Waals surface area contributed by atoms with Crippen LogP contribution in [0.25, 0.3) is 11.0 Å². The van der Waals surface area contributed by atoms with Gasteiger partial charge < -0.3 is 9.72 Å². The van der Waals surface area contributed by atoms with Gasteiger partial charge >= 0.3 is 5.97 Å². The number of carbonyl (C=O) groups excluding carboxylic acids is 1. The molecule has 3 rings (SSSR count). The maximum Gasteiger partial charge on any atom is 0.319 e. The molecule has 5 nitrogen and oxygen atoms in total. The SMILES string of the molecule is CCOC(=O)[C@H](c1ccccc1)c1nc2ccccc2[nH]c1=O. The van der Waals surface area contributed by atoms with Crippen LogP contribution in [0.1, 0.15) is 24.1 Å². The number of hydrogen-bond acceptors (Lipinski definition) is 4. The van der Waals surface area contributed by atoms with Crippen molar-refractivity contribution in [2.45, 2.75) is 12.8 Å². The zero-order valence-corrected chi connectivity index (χ0v) is 12.7. The Kier molecular flexibility index (Phi) is 4.19. The highest BCUT2D eigenvalue weighted by atomic mass is 16.5. The highest BCUT2D eigenvalue weighted by Crippen LogP contribution is 2.23. The molecule has 1 aromatic heterocycles. The number of ether oxygens (including phenoxy) is 1. The van der Waals surface area contributed by atoms with Gasteiger partial charge in [0.1, 0.15) is 11.6 Å². The molecule has 116 valence electrons. The Hall–Kier alpha value is -2.95. The third-order valence-corrected chi connectivity index (χ3v) is 3.55. The van der Waals surface area contributed by atoms with Gasteiger partial charge in [-0.05, 0) is 24.6 Å². The summed E-state index contributed by atoms with van der Waals surface area (Å²) in [4.78, 5) is 32.0. The van der Waals surface area contributed by atoms with Crippen molar-refractivity contribution < 1.29 is 9.53 Å². The lowest BCUT2D eigenvalue weighted by atomic mass is 9.95. The van der Waals surface area contributed by atoms with Crippen LogP contribution >= 0.6 is 0 Å². The Labute approximate surface area is 133 Å². The first-order valence-corrected chi connectivity index (χ1v) is 7.41. The number of nitrogens with one attached hydrogen (secondary N) is 1. The molecule has 1 N–H and O–H groups in total. The molecule has 0 amide bonds. The number of para-hydroxylation sites is 2. The molecule has 5 heteroatoms. The van der Waals surface area contributed by atoms with Crippen LogP contribution in [0.3, 0.4) is 0 Å². The second-order valence-corrected chi connectivity index (χ2v) is 5.06. The van der Waals surface area contributed by atoms with Crippen molar-refractivity contribution in [3.63, 3.8) is 0 Å². The Morgan fingerprint density at radius 2 is 1.83 bits per heavy atom. The summed E-state index contributed by atoms with van der Waals surface area (Å²) in [6.45, 7) is 1.98. The first-order valence-electron chi connectivity index (χ1n) is 7.41. The smallest absolute Gasteiger partial charge is 0.319 e. The minimum atomic E-state index is -0.843. The van der Waals surface area contributed by atoms with Gasteiger partial charge in [-0.25, -0.2) is 4.98 Å². The lowest BCUT2D eigenvalue weighted by molar-refractivity contribution is -0.143. The molecule has 0 radical (unpaired) electrons. The van der Waals surface area contributed by atoms with Gasteiger partial charge in [-0.2, -0.15) is 0 Å². The van der Waals surface area contributed by atoms with Crippen molar-refractivity contribution in [3.8, 4) is 0 Å². The molecule has 0 bridgehead atoms. The number of aromatic nitrogens is 2. The van der Waals surface area contributed by atoms with Crippen LogP contribution in [0.15, 0.2) is 59.4 Å². The van der Waals surface area contributed by atoms with Crippen LogP contribution in [-0.2, 0) is 9.53 Å². The van der Waals surface area contributed by atoms with Crippen LogP contribution in [0.2, 0.25) is 0 Å². The number of hydrogen-bond donors (Lipinski definition) is 1. The van der Waals surface area contributed by atoms with Crippen LogP contribution in [0.5, 0.6) is 0 Å². The minimum absolute atomic E-state index is 0.147. The minimum Gasteiger partial charge on any atom is -0.465 e. The molecule has 23 heavy (non-hydrogen) atoms. The molecule has 0 fully saturated rings. The summed E-state index contributed by atoms with van der Waals surface area (Å²) in [6.07, 6.45) is 0. The van der Waals surface area contributed by atoms with E-state index >= 15 is 0 Å². The van der Waals surface area contributed by atoms with E-state index in [4.69, 9.17) is 4.74 Å². The van der Waals surface area contributed by atoms with Crippen molar-refractivity contribution in [2.24, 2.45) is 0 Å². The van der Waals surface area contributed by atoms with E-state index in [0.717, 1.165) is 0 Å². The number of nitrogens with zero attached hydrogens (tertiary/aromatic N) is 1. The van der Waals surface area contributed by atoms with Crippen molar-refractivity contribution in [2.75, 3.05) is 6.61 Å². The molecule has 0 spiro atoms. The molecule has 0 aliphatic rings. The lowest BCUT2D eigenvalue weighted by Crippen LogP contribution is -2.26. The van der Waals surface area contributed by atoms with Gasteiger partial charge in [0.15, 0.2) is 0 Å². The fraction of sp³-hybridized carbons (Fsp3) is 0.167. The van der Waals surface area contributed by atoms with E-state index in [0.29, 0.717) is 16.6 Å². The highest BCUT2D eigenvalue weighted by Gasteiger charge is 2.28. The summed E-state index contributed by atoms with van der Waals surface area (Å²) in [5, 5.41) is 0. The molecule has 0 aliphatic heterocycles. The molecular weight excluding hydrogens is 292 g/mol. The zero-order valence-electron chi connectivity index (χ0n) is 12.7. The van der Waals surface area contributed by atoms with E-state index in [2.05, 4.69) is 9.97 Å². The van der Waals surface area contributed by atoms with Crippen LogP contribution in [0.4, 0.5) is 0 Å². The summed E-state index contributed by atoms with van der Waals surface area (Å²) in [6, 6.07) is 16.3. The zero-order chi connectivity index (χ0) is 16.2. The number of fused-ring (bicyclic) bond motifs is 1. The fourth-order valence-electron chi connectivity index (χ4n) is 2.52. The van der Waals surface area contributed by atoms with Crippen LogP contribution < -0.4 is 5.56 Å². The molecule has 0 saturated carbocycles. The molecule has 0 unspecified atom stereocenters. The fourth-order valence-corrected chi connectivity index (χ4v) is 2.52. The van der Waals surface area contributed by atoms with Crippen molar-refractivity contribution >= 4 is 17.0 Å². The third kappa shape index (κ3) is 2.99. The topological polar surface area (TPSA) is 72.0 Å². The molecule has 0 aliphatic carbocycles. The summed E-state index contributed by atoms with van der Waals surface area (Å²) in [5.41, 5.74) is 1.71. The van der Waals surface area contributed by atoms with Gasteiger partial charge in [0.05, 0.1) is 17.6 Å². The van der Waals surface area contributed by atoms with E-state index in [-0.39, 0.29) is 17.9 Å². The number of esters is 1. The number of rotatable bonds is 4. The summed E-state index contributed by atoms with van der Waals surface area (Å²) < 4.78 is 5.15. The van der Waals surface area contributed by atoms with E-state index in [1.54, 1.807) is 31.2 Å². The third-order valence-electron chi connectivity index (χ3n) is 3.55. The van der Waals surface area contributed by atoms with Crippen molar-refractivity contribution in [1.29, 1.82) is 0 Å². The molecule has 0 saturated heterocycles. The van der Waals surface area contributed by atoms with Gasteiger partial charge in [0.25, 0.3) is 5.56 Å². The van der Waals surface area contributed by atoms with Crippen molar-refractivity contribution in [1.82, 2.24) is 9.97 Å². The molecular formula is C18H16N2O3. The van der Waals surface area contributed by atoms with E-state index in [1.807, 2.05) is 30.3 Å². The normalized spacial score (nSPS) is 12.0. The van der Waals surface area contributed by atoms with E-state index in [1.165, 1.54) is 0 Å². The first-order chi connectivity index (χ1) is 11.2. The molecule has 1 atom stereocenters. The van der Waals surface area contributed by atoms with Crippen LogP contribution in [-0.4, -0.2) is 22.5 Å². The van der Waals surface area contributed by atoms with Crippen LogP contribution in [0, 0.1) is 0 Å². The van der Waals surface area contributed by atoms with Gasteiger partial charge in [-0.15, -0.1) is 0 Å². The first kappa shape index (κ1) is 15.0. The van der Waals surface area contributed by atoms with Gasteiger partial charge in [-0.3, -0.25) is 9.59 Å². The number of H-pyrrole nitrogens is 1. The maximum atomic E-state index is 12.4. The van der Waals surface area contributed by atoms with Gasteiger partial charge in [0, 0.05) is 0 Å². The highest BCUT2D eigenvalue weighted by molar-refractivity contribution is 5.82. The van der Waals surface area contributed by atoms with Crippen molar-refractivity contribution in [3.05, 3.63) is 76.2 Å². The second kappa shape index (κ2) is 6.44. The second-order valence-electron chi connectivity index (χ2n) is 5.06. The quantitative estimate of drug-likeness (QED) is 0.752. The molecule has 3 aromatic rings. The largest absolute Gasteiger partial charge is 0.465 e. The average Bonchev–Trinajstić information content (AvgIpc) is 2.57. The van der Waals surface area contributed by atoms with Gasteiger partial charge in [0.2, 0.25) is 0 Å². The maximum absolute atomic E-state index is 12.4. The van der Waals surface area contributed by atoms with E-state index < -0.39 is 11.9 Å². The summed E-state index contributed by atoms with van der Waals surface area (Å²) >= 11 is 0. The summed E-state index contributed by atoms with van der Waals surface area (Å²) in [5.74, 6) is -1.32. The lowest BCUT2D eigenvalue weighted by Gasteiger charge is -2.15. The monoisotopic (exact) mass is 308 g/mol. The number of benzene rings is 2. The standard InChI is InChI=1S/C18H16N2O3/c1-2-23-18(22)15(12-8-4-3-5-9-12)16-17(21)20-14-11-7-6-10-13(14)19-16/h3-11,15H,2H2,1H3,(H,20,21)/t15-/m1/s1. The Balaban J connectivity index is 2.18. The Bertz CT molecular complexity index is 887. The molecule has 2 aromatic carbocycles. The predicted octanol–water partition coefficient (Wildman–Crippen LogP) is 2.62. The Morgan fingerprint density at radius 1 is 1.13 bits per heavy atom. The Morgan fingerprint density at radius 3 is 2.57 bits per heavy atom. The number of aromatic amines is 1. The van der Waals surface area contributed by atoms with E-state index in [9.17, 15) is 9.59 Å². The predicted molar refractivity (Wildman–Crippen MR) is 87.3 cm³/mol. The average molecular weight is 308 g/mol. The van der Waals surface area contributed by atoms with Gasteiger partial charge in [-0.1, -0.05) is 42.5 Å². The number of carbonyl (C=O) groups is 1. The summed E-state index contributed by atoms with van der Waals surface area (Å²) in [7, 11) is 0. The molecule has 1 heterocycles.